The Morgan fingerprint density at radius 3 is 2.55 bits per heavy atom. The maximum absolute atomic E-state index is 6.18. The molecule has 20 heavy (non-hydrogen) atoms. The summed E-state index contributed by atoms with van der Waals surface area (Å²) in [5, 5.41) is 4.13. The normalized spacial score (nSPS) is 12.6. The molecule has 3 nitrogen and oxygen atoms in total. The first kappa shape index (κ1) is 13.0. The van der Waals surface area contributed by atoms with Gasteiger partial charge in [-0.15, -0.1) is 0 Å². The summed E-state index contributed by atoms with van der Waals surface area (Å²) in [6.45, 7) is 2.09. The molecule has 0 radical (unpaired) electrons. The number of nitrogens with zero attached hydrogens (tertiary/aromatic N) is 2. The second-order valence-corrected chi connectivity index (χ2v) is 5.27. The van der Waals surface area contributed by atoms with Gasteiger partial charge in [0.15, 0.2) is 0 Å². The third-order valence-corrected chi connectivity index (χ3v) is 3.78. The van der Waals surface area contributed by atoms with Crippen LogP contribution in [0.15, 0.2) is 48.5 Å². The van der Waals surface area contributed by atoms with Crippen molar-refractivity contribution in [3.05, 3.63) is 59.4 Å². The molecule has 3 rings (SSSR count). The molecule has 0 aliphatic carbocycles. The van der Waals surface area contributed by atoms with Gasteiger partial charge in [0.1, 0.15) is 5.82 Å². The van der Waals surface area contributed by atoms with Crippen LogP contribution in [-0.2, 0) is 7.05 Å². The summed E-state index contributed by atoms with van der Waals surface area (Å²) in [6.07, 6.45) is 0. The fourth-order valence-corrected chi connectivity index (χ4v) is 2.62. The van der Waals surface area contributed by atoms with Gasteiger partial charge < -0.3 is 9.88 Å². The van der Waals surface area contributed by atoms with Gasteiger partial charge in [0.05, 0.1) is 27.8 Å². The van der Waals surface area contributed by atoms with E-state index in [1.165, 1.54) is 0 Å². The van der Waals surface area contributed by atoms with Crippen LogP contribution in [0.4, 0.5) is 5.69 Å². The smallest absolute Gasteiger partial charge is 0.131 e. The molecule has 102 valence electrons. The molecule has 1 aromatic heterocycles. The molecule has 4 heteroatoms. The number of imidazole rings is 1. The standard InChI is InChI=1S/C16H16ClN3/c1-11(18-13-8-4-3-7-12(13)17)16-19-14-9-5-6-10-15(14)20(16)2/h3-11,18H,1-2H3. The van der Waals surface area contributed by atoms with Crippen molar-refractivity contribution in [2.24, 2.45) is 7.05 Å². The van der Waals surface area contributed by atoms with E-state index in [1.54, 1.807) is 0 Å². The summed E-state index contributed by atoms with van der Waals surface area (Å²) in [6, 6.07) is 16.0. The van der Waals surface area contributed by atoms with Crippen molar-refractivity contribution in [3.63, 3.8) is 0 Å². The van der Waals surface area contributed by atoms with Gasteiger partial charge in [-0.05, 0) is 31.2 Å². The van der Waals surface area contributed by atoms with Crippen molar-refractivity contribution < 1.29 is 0 Å². The lowest BCUT2D eigenvalue weighted by atomic mass is 10.2. The van der Waals surface area contributed by atoms with E-state index < -0.39 is 0 Å². The number of halogens is 1. The molecule has 2 aromatic carbocycles. The van der Waals surface area contributed by atoms with Gasteiger partial charge in [0.25, 0.3) is 0 Å². The van der Waals surface area contributed by atoms with Gasteiger partial charge in [-0.2, -0.15) is 0 Å². The third kappa shape index (κ3) is 2.25. The van der Waals surface area contributed by atoms with Crippen LogP contribution in [-0.4, -0.2) is 9.55 Å². The average molecular weight is 286 g/mol. The molecule has 0 saturated carbocycles. The van der Waals surface area contributed by atoms with E-state index in [9.17, 15) is 0 Å². The van der Waals surface area contributed by atoms with Crippen LogP contribution in [0.1, 0.15) is 18.8 Å². The molecule has 0 bridgehead atoms. The van der Waals surface area contributed by atoms with Crippen molar-refractivity contribution in [1.29, 1.82) is 0 Å². The summed E-state index contributed by atoms with van der Waals surface area (Å²) in [7, 11) is 2.04. The molecule has 0 spiro atoms. The molecule has 1 atom stereocenters. The number of benzene rings is 2. The quantitative estimate of drug-likeness (QED) is 0.773. The van der Waals surface area contributed by atoms with Gasteiger partial charge in [0, 0.05) is 7.05 Å². The van der Waals surface area contributed by atoms with Crippen molar-refractivity contribution in [2.45, 2.75) is 13.0 Å². The highest BCUT2D eigenvalue weighted by Gasteiger charge is 2.14. The minimum Gasteiger partial charge on any atom is -0.374 e. The van der Waals surface area contributed by atoms with Crippen molar-refractivity contribution >= 4 is 28.3 Å². The molecule has 3 aromatic rings. The predicted molar refractivity (Wildman–Crippen MR) is 84.2 cm³/mol. The summed E-state index contributed by atoms with van der Waals surface area (Å²) in [5.41, 5.74) is 3.07. The van der Waals surface area contributed by atoms with Crippen LogP contribution in [0.25, 0.3) is 11.0 Å². The molecule has 1 N–H and O–H groups in total. The van der Waals surface area contributed by atoms with E-state index in [2.05, 4.69) is 22.9 Å². The van der Waals surface area contributed by atoms with E-state index >= 15 is 0 Å². The highest BCUT2D eigenvalue weighted by molar-refractivity contribution is 6.33. The van der Waals surface area contributed by atoms with E-state index in [-0.39, 0.29) is 6.04 Å². The first-order chi connectivity index (χ1) is 9.66. The number of hydrogen-bond donors (Lipinski definition) is 1. The number of aryl methyl sites for hydroxylation is 1. The van der Waals surface area contributed by atoms with E-state index in [0.717, 1.165) is 27.6 Å². The van der Waals surface area contributed by atoms with Crippen LogP contribution >= 0.6 is 11.6 Å². The molecule has 1 heterocycles. The molecular weight excluding hydrogens is 270 g/mol. The maximum Gasteiger partial charge on any atom is 0.131 e. The Kier molecular flexibility index (Phi) is 3.36. The van der Waals surface area contributed by atoms with Gasteiger partial charge in [-0.3, -0.25) is 0 Å². The predicted octanol–water partition coefficient (Wildman–Crippen LogP) is 4.40. The Morgan fingerprint density at radius 1 is 1.10 bits per heavy atom. The maximum atomic E-state index is 6.18. The zero-order valence-electron chi connectivity index (χ0n) is 11.5. The number of rotatable bonds is 3. The highest BCUT2D eigenvalue weighted by Crippen LogP contribution is 2.26. The number of hydrogen-bond acceptors (Lipinski definition) is 2. The number of para-hydroxylation sites is 3. The van der Waals surface area contributed by atoms with Gasteiger partial charge in [-0.25, -0.2) is 4.98 Å². The minimum atomic E-state index is 0.0762. The lowest BCUT2D eigenvalue weighted by Gasteiger charge is -2.16. The van der Waals surface area contributed by atoms with Crippen LogP contribution in [0.2, 0.25) is 5.02 Å². The van der Waals surface area contributed by atoms with Crippen molar-refractivity contribution in [1.82, 2.24) is 9.55 Å². The number of anilines is 1. The Bertz CT molecular complexity index is 748. The van der Waals surface area contributed by atoms with Gasteiger partial charge in [-0.1, -0.05) is 35.9 Å². The summed E-state index contributed by atoms with van der Waals surface area (Å²) >= 11 is 6.18. The minimum absolute atomic E-state index is 0.0762. The number of fused-ring (bicyclic) bond motifs is 1. The summed E-state index contributed by atoms with van der Waals surface area (Å²) < 4.78 is 2.11. The highest BCUT2D eigenvalue weighted by atomic mass is 35.5. The largest absolute Gasteiger partial charge is 0.374 e. The van der Waals surface area contributed by atoms with E-state index in [1.807, 2.05) is 49.5 Å². The molecule has 0 saturated heterocycles. The van der Waals surface area contributed by atoms with Crippen molar-refractivity contribution in [2.75, 3.05) is 5.32 Å². The lowest BCUT2D eigenvalue weighted by molar-refractivity contribution is 0.734. The van der Waals surface area contributed by atoms with Crippen LogP contribution in [0, 0.1) is 0 Å². The monoisotopic (exact) mass is 285 g/mol. The molecule has 1 unspecified atom stereocenters. The SMILES string of the molecule is CC(Nc1ccccc1Cl)c1nc2ccccc2n1C. The van der Waals surface area contributed by atoms with Crippen LogP contribution in [0.3, 0.4) is 0 Å². The second-order valence-electron chi connectivity index (χ2n) is 4.86. The lowest BCUT2D eigenvalue weighted by Crippen LogP contribution is -2.12. The Labute approximate surface area is 123 Å². The number of nitrogens with one attached hydrogen (secondary N) is 1. The van der Waals surface area contributed by atoms with Crippen LogP contribution < -0.4 is 5.32 Å². The van der Waals surface area contributed by atoms with Gasteiger partial charge in [0.2, 0.25) is 0 Å². The fraction of sp³-hybridized carbons (Fsp3) is 0.188. The topological polar surface area (TPSA) is 29.9 Å². The van der Waals surface area contributed by atoms with Gasteiger partial charge >= 0.3 is 0 Å². The zero-order chi connectivity index (χ0) is 14.1. The Balaban J connectivity index is 1.95. The van der Waals surface area contributed by atoms with E-state index in [0.29, 0.717) is 0 Å². The van der Waals surface area contributed by atoms with Crippen molar-refractivity contribution in [3.8, 4) is 0 Å². The van der Waals surface area contributed by atoms with E-state index in [4.69, 9.17) is 16.6 Å². The summed E-state index contributed by atoms with van der Waals surface area (Å²) in [5.74, 6) is 0.992. The average Bonchev–Trinajstić information content (AvgIpc) is 2.79. The first-order valence-corrected chi connectivity index (χ1v) is 6.97. The molecule has 0 fully saturated rings. The summed E-state index contributed by atoms with van der Waals surface area (Å²) in [4.78, 5) is 4.70. The molecule has 0 aliphatic rings. The zero-order valence-corrected chi connectivity index (χ0v) is 12.2. The fourth-order valence-electron chi connectivity index (χ4n) is 2.43. The Morgan fingerprint density at radius 2 is 1.80 bits per heavy atom. The molecule has 0 amide bonds. The molecule has 0 aliphatic heterocycles. The first-order valence-electron chi connectivity index (χ1n) is 6.59. The number of aromatic nitrogens is 2. The third-order valence-electron chi connectivity index (χ3n) is 3.45. The Hall–Kier alpha value is -2.00. The molecular formula is C16H16ClN3. The second kappa shape index (κ2) is 5.17. The van der Waals surface area contributed by atoms with Crippen LogP contribution in [0.5, 0.6) is 0 Å².